The van der Waals surface area contributed by atoms with E-state index in [4.69, 9.17) is 0 Å². The summed E-state index contributed by atoms with van der Waals surface area (Å²) < 4.78 is 0. The maximum Gasteiger partial charge on any atom is 0.220 e. The van der Waals surface area contributed by atoms with Gasteiger partial charge in [0.15, 0.2) is 0 Å². The van der Waals surface area contributed by atoms with Crippen molar-refractivity contribution in [3.05, 3.63) is 0 Å². The second-order valence-corrected chi connectivity index (χ2v) is 6.35. The number of carbonyl (C=O) groups is 2. The lowest BCUT2D eigenvalue weighted by atomic mass is 10.1. The van der Waals surface area contributed by atoms with Crippen LogP contribution in [0.15, 0.2) is 0 Å². The monoisotopic (exact) mass is 312 g/mol. The van der Waals surface area contributed by atoms with Gasteiger partial charge in [0.2, 0.25) is 11.8 Å². The van der Waals surface area contributed by atoms with Crippen LogP contribution in [0.5, 0.6) is 0 Å². The predicted octanol–water partition coefficient (Wildman–Crippen LogP) is 2.27. The smallest absolute Gasteiger partial charge is 0.220 e. The molecule has 0 bridgehead atoms. The number of aliphatic hydroxyl groups is 1. The third-order valence-corrected chi connectivity index (χ3v) is 4.29. The first-order valence-electron chi connectivity index (χ1n) is 8.85. The van der Waals surface area contributed by atoms with Crippen LogP contribution in [0.4, 0.5) is 0 Å². The molecule has 0 aromatic heterocycles. The zero-order valence-electron chi connectivity index (χ0n) is 13.9. The Morgan fingerprint density at radius 3 is 2.32 bits per heavy atom. The summed E-state index contributed by atoms with van der Waals surface area (Å²) >= 11 is 0. The van der Waals surface area contributed by atoms with E-state index in [9.17, 15) is 14.7 Å². The number of aliphatic hydroxyl groups excluding tert-OH is 1. The Hall–Kier alpha value is -1.10. The molecule has 0 saturated heterocycles. The van der Waals surface area contributed by atoms with Gasteiger partial charge in [-0.1, -0.05) is 45.4 Å². The molecule has 1 rings (SSSR count). The van der Waals surface area contributed by atoms with E-state index in [0.29, 0.717) is 0 Å². The van der Waals surface area contributed by atoms with Crippen molar-refractivity contribution >= 4 is 11.8 Å². The van der Waals surface area contributed by atoms with Crippen LogP contribution < -0.4 is 10.6 Å². The van der Waals surface area contributed by atoms with Gasteiger partial charge in [-0.2, -0.15) is 0 Å². The SMILES string of the molecule is CCCC[C@@H](CO)NC(=O)CCC(=O)NC1CCCCCC1. The largest absolute Gasteiger partial charge is 0.394 e. The van der Waals surface area contributed by atoms with E-state index >= 15 is 0 Å². The molecule has 1 saturated carbocycles. The number of carbonyl (C=O) groups excluding carboxylic acids is 2. The molecular weight excluding hydrogens is 280 g/mol. The Labute approximate surface area is 134 Å². The summed E-state index contributed by atoms with van der Waals surface area (Å²) in [5.41, 5.74) is 0. The fraction of sp³-hybridized carbons (Fsp3) is 0.882. The third kappa shape index (κ3) is 8.37. The van der Waals surface area contributed by atoms with Gasteiger partial charge in [-0.3, -0.25) is 9.59 Å². The summed E-state index contributed by atoms with van der Waals surface area (Å²) in [6.07, 6.45) is 10.2. The van der Waals surface area contributed by atoms with Crippen LogP contribution in [-0.4, -0.2) is 35.6 Å². The molecule has 0 aromatic rings. The molecule has 3 N–H and O–H groups in total. The lowest BCUT2D eigenvalue weighted by Crippen LogP contribution is -2.39. The number of hydrogen-bond acceptors (Lipinski definition) is 3. The standard InChI is InChI=1S/C17H32N2O3/c1-2-3-8-15(13-20)19-17(22)12-11-16(21)18-14-9-6-4-5-7-10-14/h14-15,20H,2-13H2,1H3,(H,18,21)(H,19,22)/t15-/m0/s1. The fourth-order valence-corrected chi connectivity index (χ4v) is 2.91. The van der Waals surface area contributed by atoms with Crippen LogP contribution in [0.3, 0.4) is 0 Å². The summed E-state index contributed by atoms with van der Waals surface area (Å²) in [5.74, 6) is -0.178. The van der Waals surface area contributed by atoms with E-state index in [1.54, 1.807) is 0 Å². The fourth-order valence-electron chi connectivity index (χ4n) is 2.91. The van der Waals surface area contributed by atoms with Crippen molar-refractivity contribution in [1.29, 1.82) is 0 Å². The van der Waals surface area contributed by atoms with Crippen molar-refractivity contribution in [3.8, 4) is 0 Å². The maximum atomic E-state index is 11.9. The summed E-state index contributed by atoms with van der Waals surface area (Å²) in [6.45, 7) is 2.04. The summed E-state index contributed by atoms with van der Waals surface area (Å²) in [6, 6.07) is 0.102. The van der Waals surface area contributed by atoms with E-state index < -0.39 is 0 Å². The minimum absolute atomic E-state index is 0.0313. The predicted molar refractivity (Wildman–Crippen MR) is 87.4 cm³/mol. The molecule has 1 aliphatic rings. The molecular formula is C17H32N2O3. The molecule has 5 nitrogen and oxygen atoms in total. The van der Waals surface area contributed by atoms with E-state index in [1.165, 1.54) is 25.7 Å². The van der Waals surface area contributed by atoms with Gasteiger partial charge in [0, 0.05) is 18.9 Å². The Morgan fingerprint density at radius 1 is 1.09 bits per heavy atom. The van der Waals surface area contributed by atoms with Crippen LogP contribution in [0, 0.1) is 0 Å². The average Bonchev–Trinajstić information content (AvgIpc) is 2.78. The first-order valence-corrected chi connectivity index (χ1v) is 8.85. The van der Waals surface area contributed by atoms with Crippen molar-refractivity contribution in [2.24, 2.45) is 0 Å². The molecule has 128 valence electrons. The number of nitrogens with one attached hydrogen (secondary N) is 2. The molecule has 2 amide bonds. The second-order valence-electron chi connectivity index (χ2n) is 6.35. The van der Waals surface area contributed by atoms with Gasteiger partial charge in [0.05, 0.1) is 12.6 Å². The van der Waals surface area contributed by atoms with E-state index in [2.05, 4.69) is 17.6 Å². The molecule has 0 radical (unpaired) electrons. The molecule has 1 aliphatic carbocycles. The summed E-state index contributed by atoms with van der Waals surface area (Å²) in [4.78, 5) is 23.7. The maximum absolute atomic E-state index is 11.9. The number of rotatable bonds is 9. The van der Waals surface area contributed by atoms with Gasteiger partial charge >= 0.3 is 0 Å². The zero-order valence-corrected chi connectivity index (χ0v) is 13.9. The molecule has 0 aliphatic heterocycles. The molecule has 0 unspecified atom stereocenters. The number of amides is 2. The lowest BCUT2D eigenvalue weighted by Gasteiger charge is -2.17. The molecule has 22 heavy (non-hydrogen) atoms. The van der Waals surface area contributed by atoms with Crippen LogP contribution in [-0.2, 0) is 9.59 Å². The van der Waals surface area contributed by atoms with Crippen molar-refractivity contribution in [3.63, 3.8) is 0 Å². The van der Waals surface area contributed by atoms with Crippen molar-refractivity contribution in [2.45, 2.75) is 89.6 Å². The molecule has 0 heterocycles. The second kappa shape index (κ2) is 11.5. The minimum Gasteiger partial charge on any atom is -0.394 e. The first kappa shape index (κ1) is 18.9. The van der Waals surface area contributed by atoms with Gasteiger partial charge in [0.25, 0.3) is 0 Å². The molecule has 0 spiro atoms. The summed E-state index contributed by atoms with van der Waals surface area (Å²) in [5, 5.41) is 15.1. The Kier molecular flexibility index (Phi) is 9.87. The third-order valence-electron chi connectivity index (χ3n) is 4.29. The highest BCUT2D eigenvalue weighted by atomic mass is 16.3. The highest BCUT2D eigenvalue weighted by Crippen LogP contribution is 2.17. The Bertz CT molecular complexity index is 326. The Balaban J connectivity index is 2.20. The van der Waals surface area contributed by atoms with Crippen molar-refractivity contribution in [2.75, 3.05) is 6.61 Å². The van der Waals surface area contributed by atoms with E-state index in [1.807, 2.05) is 0 Å². The van der Waals surface area contributed by atoms with Gasteiger partial charge in [-0.25, -0.2) is 0 Å². The summed E-state index contributed by atoms with van der Waals surface area (Å²) in [7, 11) is 0. The highest BCUT2D eigenvalue weighted by Gasteiger charge is 2.16. The van der Waals surface area contributed by atoms with Gasteiger partial charge < -0.3 is 15.7 Å². The van der Waals surface area contributed by atoms with Gasteiger partial charge in [0.1, 0.15) is 0 Å². The molecule has 1 fully saturated rings. The van der Waals surface area contributed by atoms with Crippen molar-refractivity contribution < 1.29 is 14.7 Å². The van der Waals surface area contributed by atoms with Crippen LogP contribution in [0.25, 0.3) is 0 Å². The van der Waals surface area contributed by atoms with Crippen LogP contribution >= 0.6 is 0 Å². The average molecular weight is 312 g/mol. The molecule has 5 heteroatoms. The molecule has 1 atom stereocenters. The van der Waals surface area contributed by atoms with Gasteiger partial charge in [-0.15, -0.1) is 0 Å². The zero-order chi connectivity index (χ0) is 16.2. The van der Waals surface area contributed by atoms with E-state index in [0.717, 1.165) is 32.1 Å². The Morgan fingerprint density at radius 2 is 1.73 bits per heavy atom. The lowest BCUT2D eigenvalue weighted by molar-refractivity contribution is -0.127. The van der Waals surface area contributed by atoms with Crippen LogP contribution in [0.1, 0.15) is 77.6 Å². The number of hydrogen-bond donors (Lipinski definition) is 3. The number of unbranched alkanes of at least 4 members (excludes halogenated alkanes) is 1. The minimum atomic E-state index is -0.183. The topological polar surface area (TPSA) is 78.4 Å². The molecule has 0 aromatic carbocycles. The highest BCUT2D eigenvalue weighted by molar-refractivity contribution is 5.83. The van der Waals surface area contributed by atoms with Crippen molar-refractivity contribution in [1.82, 2.24) is 10.6 Å². The van der Waals surface area contributed by atoms with Crippen LogP contribution in [0.2, 0.25) is 0 Å². The van der Waals surface area contributed by atoms with Gasteiger partial charge in [-0.05, 0) is 19.3 Å². The van der Waals surface area contributed by atoms with E-state index in [-0.39, 0.29) is 43.3 Å². The first-order chi connectivity index (χ1) is 10.7. The quantitative estimate of drug-likeness (QED) is 0.572. The normalized spacial score (nSPS) is 17.5.